The van der Waals surface area contributed by atoms with Gasteiger partial charge in [0.05, 0.1) is 18.2 Å². The molecule has 2 atom stereocenters. The topological polar surface area (TPSA) is 69.6 Å². The van der Waals surface area contributed by atoms with Gasteiger partial charge in [-0.05, 0) is 18.1 Å². The fraction of sp³-hybridized carbons (Fsp3) is 0.429. The van der Waals surface area contributed by atoms with Crippen LogP contribution < -0.4 is 5.32 Å². The van der Waals surface area contributed by atoms with Crippen LogP contribution in [-0.2, 0) is 9.59 Å². The summed E-state index contributed by atoms with van der Waals surface area (Å²) >= 11 is 0. The lowest BCUT2D eigenvalue weighted by Gasteiger charge is -2.15. The van der Waals surface area contributed by atoms with Gasteiger partial charge in [0, 0.05) is 19.2 Å². The van der Waals surface area contributed by atoms with Crippen LogP contribution in [0.5, 0.6) is 0 Å². The molecule has 0 aromatic heterocycles. The maximum absolute atomic E-state index is 13.4. The minimum Gasteiger partial charge on any atom is -0.481 e. The van der Waals surface area contributed by atoms with Gasteiger partial charge in [-0.25, -0.2) is 8.78 Å². The number of likely N-dealkylation sites (tertiary alicyclic amines) is 1. The van der Waals surface area contributed by atoms with Crippen molar-refractivity contribution in [3.8, 4) is 0 Å². The number of hydrogen-bond acceptors (Lipinski definition) is 3. The molecule has 2 N–H and O–H groups in total. The first-order valence-corrected chi connectivity index (χ1v) is 6.57. The van der Waals surface area contributed by atoms with Crippen molar-refractivity contribution >= 4 is 17.6 Å². The molecule has 7 heteroatoms. The van der Waals surface area contributed by atoms with E-state index in [4.69, 9.17) is 5.11 Å². The van der Waals surface area contributed by atoms with Gasteiger partial charge in [-0.3, -0.25) is 14.5 Å². The van der Waals surface area contributed by atoms with E-state index in [1.165, 1.54) is 0 Å². The number of nitrogens with one attached hydrogen (secondary N) is 1. The summed E-state index contributed by atoms with van der Waals surface area (Å²) in [5, 5.41) is 11.3. The summed E-state index contributed by atoms with van der Waals surface area (Å²) in [5.74, 6) is -3.32. The lowest BCUT2D eigenvalue weighted by Crippen LogP contribution is -2.32. The predicted molar refractivity (Wildman–Crippen MR) is 71.7 cm³/mol. The number of carboxylic acid groups (broad SMARTS) is 1. The van der Waals surface area contributed by atoms with Crippen LogP contribution in [0.1, 0.15) is 6.92 Å². The normalized spacial score (nSPS) is 22.2. The second-order valence-corrected chi connectivity index (χ2v) is 5.29. The van der Waals surface area contributed by atoms with E-state index >= 15 is 0 Å². The van der Waals surface area contributed by atoms with Crippen molar-refractivity contribution in [3.63, 3.8) is 0 Å². The number of amides is 1. The van der Waals surface area contributed by atoms with Gasteiger partial charge in [-0.1, -0.05) is 6.92 Å². The van der Waals surface area contributed by atoms with Crippen molar-refractivity contribution in [2.45, 2.75) is 6.92 Å². The third kappa shape index (κ3) is 3.75. The number of carbonyl (C=O) groups excluding carboxylic acids is 1. The molecule has 0 saturated carbocycles. The fourth-order valence-corrected chi connectivity index (χ4v) is 2.50. The number of anilines is 1. The smallest absolute Gasteiger partial charge is 0.308 e. The molecule has 5 nitrogen and oxygen atoms in total. The van der Waals surface area contributed by atoms with Gasteiger partial charge in [-0.15, -0.1) is 0 Å². The van der Waals surface area contributed by atoms with E-state index in [1.807, 2.05) is 6.92 Å². The van der Waals surface area contributed by atoms with Crippen molar-refractivity contribution in [3.05, 3.63) is 29.8 Å². The maximum Gasteiger partial charge on any atom is 0.308 e. The Kier molecular flexibility index (Phi) is 4.52. The second-order valence-electron chi connectivity index (χ2n) is 5.29. The number of aliphatic carboxylic acids is 1. The Morgan fingerprint density at radius 2 is 2.10 bits per heavy atom. The lowest BCUT2D eigenvalue weighted by atomic mass is 9.99. The molecule has 21 heavy (non-hydrogen) atoms. The Labute approximate surface area is 120 Å². The number of nitrogens with zero attached hydrogens (tertiary/aromatic N) is 1. The van der Waals surface area contributed by atoms with Gasteiger partial charge < -0.3 is 10.4 Å². The van der Waals surface area contributed by atoms with E-state index < -0.39 is 29.4 Å². The standard InChI is InChI=1S/C14H16F2N2O3/c1-8-5-18(6-10(8)14(20)21)7-13(19)17-12-4-9(15)2-3-11(12)16/h2-4,8,10H,5-7H2,1H3,(H,17,19)(H,20,21)/t8-,10-/m1/s1. The monoisotopic (exact) mass is 298 g/mol. The van der Waals surface area contributed by atoms with Crippen molar-refractivity contribution < 1.29 is 23.5 Å². The van der Waals surface area contributed by atoms with Gasteiger partial charge in [0.25, 0.3) is 0 Å². The summed E-state index contributed by atoms with van der Waals surface area (Å²) in [4.78, 5) is 24.5. The van der Waals surface area contributed by atoms with Crippen molar-refractivity contribution in [2.75, 3.05) is 25.0 Å². The SMILES string of the molecule is C[C@@H]1CN(CC(=O)Nc2cc(F)ccc2F)C[C@H]1C(=O)O. The molecule has 2 rings (SSSR count). The highest BCUT2D eigenvalue weighted by molar-refractivity contribution is 5.92. The van der Waals surface area contributed by atoms with E-state index in [2.05, 4.69) is 5.32 Å². The number of benzene rings is 1. The Hall–Kier alpha value is -2.02. The van der Waals surface area contributed by atoms with Crippen LogP contribution in [0.25, 0.3) is 0 Å². The number of halogens is 2. The van der Waals surface area contributed by atoms with Crippen molar-refractivity contribution in [1.82, 2.24) is 4.90 Å². The van der Waals surface area contributed by atoms with Gasteiger partial charge in [0.15, 0.2) is 0 Å². The average molecular weight is 298 g/mol. The van der Waals surface area contributed by atoms with Gasteiger partial charge >= 0.3 is 5.97 Å². The van der Waals surface area contributed by atoms with Crippen LogP contribution in [0.4, 0.5) is 14.5 Å². The zero-order valence-corrected chi connectivity index (χ0v) is 11.5. The highest BCUT2D eigenvalue weighted by Gasteiger charge is 2.35. The Morgan fingerprint density at radius 1 is 1.38 bits per heavy atom. The Morgan fingerprint density at radius 3 is 2.71 bits per heavy atom. The lowest BCUT2D eigenvalue weighted by molar-refractivity contribution is -0.142. The Balaban J connectivity index is 1.94. The third-order valence-corrected chi connectivity index (χ3v) is 3.57. The maximum atomic E-state index is 13.4. The van der Waals surface area contributed by atoms with Crippen molar-refractivity contribution in [2.24, 2.45) is 11.8 Å². The number of carbonyl (C=O) groups is 2. The van der Waals surface area contributed by atoms with Crippen LogP contribution in [0.2, 0.25) is 0 Å². The molecule has 0 aliphatic carbocycles. The van der Waals surface area contributed by atoms with E-state index in [1.54, 1.807) is 4.90 Å². The first-order chi connectivity index (χ1) is 9.86. The molecule has 1 aliphatic heterocycles. The molecule has 1 fully saturated rings. The van der Waals surface area contributed by atoms with Gasteiger partial charge in [0.1, 0.15) is 11.6 Å². The molecular formula is C14H16F2N2O3. The van der Waals surface area contributed by atoms with Crippen LogP contribution in [0, 0.1) is 23.5 Å². The summed E-state index contributed by atoms with van der Waals surface area (Å²) in [6.45, 7) is 2.51. The van der Waals surface area contributed by atoms with Gasteiger partial charge in [-0.2, -0.15) is 0 Å². The fourth-order valence-electron chi connectivity index (χ4n) is 2.50. The first-order valence-electron chi connectivity index (χ1n) is 6.57. The summed E-state index contributed by atoms with van der Waals surface area (Å²) in [7, 11) is 0. The summed E-state index contributed by atoms with van der Waals surface area (Å²) in [6, 6.07) is 2.80. The highest BCUT2D eigenvalue weighted by atomic mass is 19.1. The molecule has 1 aliphatic rings. The molecule has 0 radical (unpaired) electrons. The largest absolute Gasteiger partial charge is 0.481 e. The average Bonchev–Trinajstić information content (AvgIpc) is 2.74. The minimum atomic E-state index is -0.887. The highest BCUT2D eigenvalue weighted by Crippen LogP contribution is 2.23. The molecule has 114 valence electrons. The first kappa shape index (κ1) is 15.4. The minimum absolute atomic E-state index is 0.0515. The van der Waals surface area contributed by atoms with Crippen LogP contribution in [-0.4, -0.2) is 41.5 Å². The molecule has 1 aromatic carbocycles. The van der Waals surface area contributed by atoms with E-state index in [9.17, 15) is 18.4 Å². The summed E-state index contributed by atoms with van der Waals surface area (Å²) in [6.07, 6.45) is 0. The van der Waals surface area contributed by atoms with Crippen molar-refractivity contribution in [1.29, 1.82) is 0 Å². The van der Waals surface area contributed by atoms with Crippen LogP contribution >= 0.6 is 0 Å². The zero-order valence-electron chi connectivity index (χ0n) is 11.5. The number of hydrogen-bond donors (Lipinski definition) is 2. The summed E-state index contributed by atoms with van der Waals surface area (Å²) < 4.78 is 26.4. The summed E-state index contributed by atoms with van der Waals surface area (Å²) in [5.41, 5.74) is -0.220. The quantitative estimate of drug-likeness (QED) is 0.885. The second kappa shape index (κ2) is 6.17. The van der Waals surface area contributed by atoms with E-state index in [-0.39, 0.29) is 24.7 Å². The zero-order chi connectivity index (χ0) is 15.6. The molecule has 0 spiro atoms. The molecular weight excluding hydrogens is 282 g/mol. The van der Waals surface area contributed by atoms with E-state index in [0.717, 1.165) is 18.2 Å². The van der Waals surface area contributed by atoms with Crippen LogP contribution in [0.15, 0.2) is 18.2 Å². The molecule has 0 unspecified atom stereocenters. The van der Waals surface area contributed by atoms with E-state index in [0.29, 0.717) is 6.54 Å². The molecule has 1 aromatic rings. The Bertz CT molecular complexity index is 565. The number of rotatable bonds is 4. The number of carboxylic acids is 1. The molecule has 0 bridgehead atoms. The van der Waals surface area contributed by atoms with Crippen LogP contribution in [0.3, 0.4) is 0 Å². The predicted octanol–water partition coefficient (Wildman–Crippen LogP) is 1.56. The molecule has 1 heterocycles. The third-order valence-electron chi connectivity index (χ3n) is 3.57. The molecule has 1 amide bonds. The molecule has 1 saturated heterocycles. The van der Waals surface area contributed by atoms with Gasteiger partial charge in [0.2, 0.25) is 5.91 Å².